The fraction of sp³-hybridized carbons (Fsp3) is 0.148. The molecule has 21 heteroatoms. The maximum Gasteiger partial charge on any atom is 0.296 e. The van der Waals surface area contributed by atoms with Gasteiger partial charge in [0.25, 0.3) is 10.1 Å². The zero-order valence-corrected chi connectivity index (χ0v) is 27.0. The molecule has 4 aromatic rings. The Balaban J connectivity index is 1.70. The molecule has 18 nitrogen and oxygen atoms in total. The standard InChI is InChI=1S/C27H26N6O12S3/c1-15(34)29-18-8-10-20(11-9-18)31-33-26-22(48(38,39)40)14-17-13-21(46-44-42-36)25(24(28)23(17)27(26)35)32-30-19-6-4-16(5-7-19)3-2-12-41-47-45-43-37/h4-11,13-14,35-37H,2-3,12,28H2,1H3,(H,29,34)(H,38,39,40). The molecule has 0 aliphatic heterocycles. The van der Waals surface area contributed by atoms with Gasteiger partial charge in [-0.25, -0.2) is 10.5 Å². The van der Waals surface area contributed by atoms with Gasteiger partial charge in [-0.15, -0.1) is 18.9 Å². The van der Waals surface area contributed by atoms with Gasteiger partial charge >= 0.3 is 0 Å². The van der Waals surface area contributed by atoms with E-state index in [0.29, 0.717) is 55.2 Å². The number of nitrogens with one attached hydrogen (secondary N) is 1. The number of phenolic OH excluding ortho intramolecular Hbond substituents is 1. The first-order chi connectivity index (χ1) is 23.0. The molecule has 48 heavy (non-hydrogen) atoms. The zero-order chi connectivity index (χ0) is 34.7. The van der Waals surface area contributed by atoms with Crippen LogP contribution in [-0.2, 0) is 44.3 Å². The number of hydrogen-bond acceptors (Lipinski definition) is 18. The smallest absolute Gasteiger partial charge is 0.296 e. The van der Waals surface area contributed by atoms with E-state index < -0.39 is 26.5 Å². The monoisotopic (exact) mass is 722 g/mol. The van der Waals surface area contributed by atoms with Crippen LogP contribution in [-0.4, -0.2) is 41.1 Å². The fourth-order valence-electron chi connectivity index (χ4n) is 4.18. The van der Waals surface area contributed by atoms with E-state index in [-0.39, 0.29) is 38.6 Å². The summed E-state index contributed by atoms with van der Waals surface area (Å²) in [4.78, 5) is 10.6. The van der Waals surface area contributed by atoms with Crippen molar-refractivity contribution in [3.05, 3.63) is 66.2 Å². The van der Waals surface area contributed by atoms with Gasteiger partial charge < -0.3 is 16.2 Å². The average Bonchev–Trinajstić information content (AvgIpc) is 3.05. The first-order valence-corrected chi connectivity index (χ1v) is 16.2. The van der Waals surface area contributed by atoms with E-state index in [1.165, 1.54) is 37.3 Å². The van der Waals surface area contributed by atoms with Gasteiger partial charge in [0.1, 0.15) is 16.3 Å². The number of aromatic hydroxyl groups is 1. The van der Waals surface area contributed by atoms with E-state index in [0.717, 1.165) is 11.6 Å². The Morgan fingerprint density at radius 1 is 0.917 bits per heavy atom. The van der Waals surface area contributed by atoms with Gasteiger partial charge in [0.05, 0.1) is 46.0 Å². The highest BCUT2D eigenvalue weighted by Crippen LogP contribution is 2.49. The van der Waals surface area contributed by atoms with Gasteiger partial charge in [-0.2, -0.15) is 18.6 Å². The summed E-state index contributed by atoms with van der Waals surface area (Å²) in [5, 5.41) is 53.9. The average molecular weight is 723 g/mol. The Bertz CT molecular complexity index is 1910. The summed E-state index contributed by atoms with van der Waals surface area (Å²) in [6.45, 7) is 1.67. The SMILES string of the molecule is CC(=O)Nc1ccc(N=Nc2c(S(=O)(=O)O)cc3cc(SOOO)c(N=Nc4ccc(CCCOSOOO)cc4)c(N)c3c2O)cc1. The van der Waals surface area contributed by atoms with Crippen LogP contribution in [0.15, 0.2) is 90.9 Å². The second kappa shape index (κ2) is 17.2. The normalized spacial score (nSPS) is 12.0. The van der Waals surface area contributed by atoms with Crippen LogP contribution in [0.25, 0.3) is 10.8 Å². The first-order valence-electron chi connectivity index (χ1n) is 13.3. The lowest BCUT2D eigenvalue weighted by Crippen LogP contribution is -2.04. The lowest BCUT2D eigenvalue weighted by Gasteiger charge is -2.14. The van der Waals surface area contributed by atoms with Crippen molar-refractivity contribution in [2.45, 2.75) is 29.6 Å². The Kier molecular flexibility index (Phi) is 13.1. The van der Waals surface area contributed by atoms with Gasteiger partial charge in [-0.1, -0.05) is 22.2 Å². The molecule has 0 aliphatic carbocycles. The molecule has 0 fully saturated rings. The van der Waals surface area contributed by atoms with E-state index in [1.807, 2.05) is 12.1 Å². The highest BCUT2D eigenvalue weighted by Gasteiger charge is 2.25. The van der Waals surface area contributed by atoms with Crippen molar-refractivity contribution in [1.29, 1.82) is 0 Å². The van der Waals surface area contributed by atoms with Crippen LogP contribution in [0.5, 0.6) is 5.75 Å². The molecule has 254 valence electrons. The molecule has 0 saturated carbocycles. The number of nitrogens with zero attached hydrogens (tertiary/aromatic N) is 4. The maximum atomic E-state index is 12.3. The number of hydrogen-bond donors (Lipinski definition) is 6. The van der Waals surface area contributed by atoms with E-state index in [2.05, 4.69) is 44.5 Å². The molecule has 0 heterocycles. The topological polar surface area (TPSA) is 266 Å². The molecule has 4 aromatic carbocycles. The highest BCUT2D eigenvalue weighted by molar-refractivity contribution is 7.94. The number of nitrogens with two attached hydrogens (primary N) is 1. The minimum absolute atomic E-state index is 0.0152. The van der Waals surface area contributed by atoms with Gasteiger partial charge in [0, 0.05) is 12.6 Å². The van der Waals surface area contributed by atoms with Gasteiger partial charge in [0.15, 0.2) is 18.1 Å². The molecular weight excluding hydrogens is 697 g/mol. The van der Waals surface area contributed by atoms with Crippen molar-refractivity contribution >= 4 is 85.3 Å². The number of amides is 1. The van der Waals surface area contributed by atoms with Crippen molar-refractivity contribution in [2.75, 3.05) is 17.7 Å². The number of carbonyl (C=O) groups is 1. The molecule has 0 spiro atoms. The number of azo groups is 2. The Morgan fingerprint density at radius 3 is 2.15 bits per heavy atom. The Morgan fingerprint density at radius 2 is 1.54 bits per heavy atom. The number of benzene rings is 4. The number of nitrogen functional groups attached to an aromatic ring is 1. The molecule has 1 amide bonds. The minimum Gasteiger partial charge on any atom is -0.505 e. The van der Waals surface area contributed by atoms with Crippen molar-refractivity contribution in [3.63, 3.8) is 0 Å². The zero-order valence-electron chi connectivity index (χ0n) is 24.5. The summed E-state index contributed by atoms with van der Waals surface area (Å²) in [6.07, 6.45) is 1.29. The molecule has 0 radical (unpaired) electrons. The Hall–Kier alpha value is -4.26. The van der Waals surface area contributed by atoms with Crippen molar-refractivity contribution < 1.29 is 56.3 Å². The fourth-order valence-corrected chi connectivity index (χ4v) is 5.60. The van der Waals surface area contributed by atoms with Crippen molar-refractivity contribution in [3.8, 4) is 5.75 Å². The largest absolute Gasteiger partial charge is 0.505 e. The molecule has 0 saturated heterocycles. The summed E-state index contributed by atoms with van der Waals surface area (Å²) < 4.78 is 48.4. The molecule has 0 aromatic heterocycles. The number of carbonyl (C=O) groups excluding carboxylic acids is 1. The molecule has 4 rings (SSSR count). The predicted molar refractivity (Wildman–Crippen MR) is 173 cm³/mol. The predicted octanol–water partition coefficient (Wildman–Crippen LogP) is 7.53. The molecule has 0 unspecified atom stereocenters. The number of aryl methyl sites for hydroxylation is 1. The van der Waals surface area contributed by atoms with Crippen LogP contribution in [0.1, 0.15) is 18.9 Å². The third-order valence-corrected chi connectivity index (χ3v) is 8.07. The molecule has 7 N–H and O–H groups in total. The molecular formula is C27H26N6O12S3. The van der Waals surface area contributed by atoms with Crippen LogP contribution in [0, 0.1) is 0 Å². The highest BCUT2D eigenvalue weighted by atomic mass is 32.2. The lowest BCUT2D eigenvalue weighted by atomic mass is 10.1. The van der Waals surface area contributed by atoms with E-state index in [9.17, 15) is 22.9 Å². The lowest BCUT2D eigenvalue weighted by molar-refractivity contribution is -0.434. The molecule has 0 bridgehead atoms. The summed E-state index contributed by atoms with van der Waals surface area (Å²) in [5.41, 5.74) is 7.64. The van der Waals surface area contributed by atoms with E-state index >= 15 is 0 Å². The number of fused-ring (bicyclic) bond motifs is 1. The van der Waals surface area contributed by atoms with E-state index in [4.69, 9.17) is 20.4 Å². The Labute approximate surface area is 280 Å². The van der Waals surface area contributed by atoms with Gasteiger partial charge in [-0.3, -0.25) is 13.5 Å². The first kappa shape index (κ1) is 36.6. The summed E-state index contributed by atoms with van der Waals surface area (Å²) >= 11 is 0.947. The summed E-state index contributed by atoms with van der Waals surface area (Å²) in [6, 6.07) is 15.3. The third kappa shape index (κ3) is 9.88. The molecule has 0 aliphatic rings. The van der Waals surface area contributed by atoms with Crippen LogP contribution in [0.2, 0.25) is 0 Å². The number of anilines is 2. The summed E-state index contributed by atoms with van der Waals surface area (Å²) in [7, 11) is -4.96. The second-order valence-corrected chi connectivity index (χ2v) is 12.1. The summed E-state index contributed by atoms with van der Waals surface area (Å²) in [5.74, 6) is -1.03. The van der Waals surface area contributed by atoms with Crippen LogP contribution in [0.4, 0.5) is 34.1 Å². The second-order valence-electron chi connectivity index (χ2n) is 9.44. The van der Waals surface area contributed by atoms with Gasteiger partial charge in [0.2, 0.25) is 5.91 Å². The number of rotatable bonds is 16. The van der Waals surface area contributed by atoms with Gasteiger partial charge in [-0.05, 0) is 72.3 Å². The van der Waals surface area contributed by atoms with E-state index in [1.54, 1.807) is 12.1 Å². The molecule has 0 atom stereocenters. The third-order valence-electron chi connectivity index (χ3n) is 6.20. The van der Waals surface area contributed by atoms with Crippen molar-refractivity contribution in [1.82, 2.24) is 0 Å². The van der Waals surface area contributed by atoms with Crippen LogP contribution < -0.4 is 11.1 Å². The van der Waals surface area contributed by atoms with Crippen LogP contribution >= 0.6 is 24.4 Å². The minimum atomic E-state index is -4.96. The van der Waals surface area contributed by atoms with Crippen molar-refractivity contribution in [2.24, 2.45) is 20.5 Å². The number of phenols is 1. The van der Waals surface area contributed by atoms with Crippen LogP contribution in [0.3, 0.4) is 0 Å². The maximum absolute atomic E-state index is 12.3. The quantitative estimate of drug-likeness (QED) is 0.0124.